The number of thioether (sulfide) groups is 1. The number of nitrogens with zero attached hydrogens (tertiary/aromatic N) is 3. The summed E-state index contributed by atoms with van der Waals surface area (Å²) in [5, 5.41) is 0.639. The van der Waals surface area contributed by atoms with Crippen molar-refractivity contribution in [1.82, 2.24) is 9.80 Å². The molecule has 0 radical (unpaired) electrons. The highest BCUT2D eigenvalue weighted by Crippen LogP contribution is 2.40. The number of halogens is 1. The van der Waals surface area contributed by atoms with Crippen molar-refractivity contribution >= 4 is 40.9 Å². The van der Waals surface area contributed by atoms with E-state index in [1.807, 2.05) is 48.3 Å². The lowest BCUT2D eigenvalue weighted by Gasteiger charge is -2.36. The molecule has 2 amide bonds. The first-order valence-corrected chi connectivity index (χ1v) is 13.1. The Labute approximate surface area is 211 Å². The first kappa shape index (κ1) is 24.8. The van der Waals surface area contributed by atoms with Crippen LogP contribution in [-0.2, 0) is 16.0 Å². The molecule has 0 aromatic heterocycles. The molecule has 0 saturated carbocycles. The summed E-state index contributed by atoms with van der Waals surface area (Å²) in [5.41, 5.74) is 2.34. The van der Waals surface area contributed by atoms with Gasteiger partial charge in [0.25, 0.3) is 11.8 Å². The summed E-state index contributed by atoms with van der Waals surface area (Å²) in [5.74, 6) is -0.509. The van der Waals surface area contributed by atoms with Gasteiger partial charge in [-0.3, -0.25) is 9.59 Å². The molecule has 5 nitrogen and oxygen atoms in total. The van der Waals surface area contributed by atoms with Crippen molar-refractivity contribution in [1.29, 1.82) is 0 Å². The molecular formula is C27H32ClN3O2S. The van der Waals surface area contributed by atoms with E-state index < -0.39 is 0 Å². The number of anilines is 1. The average Bonchev–Trinajstić information content (AvgIpc) is 3.08. The van der Waals surface area contributed by atoms with Gasteiger partial charge in [0.15, 0.2) is 0 Å². The lowest BCUT2D eigenvalue weighted by Crippen LogP contribution is -2.43. The van der Waals surface area contributed by atoms with Crippen LogP contribution in [0, 0.1) is 0 Å². The van der Waals surface area contributed by atoms with Gasteiger partial charge in [-0.05, 0) is 87.8 Å². The Morgan fingerprint density at radius 3 is 2.26 bits per heavy atom. The number of piperidine rings is 1. The summed E-state index contributed by atoms with van der Waals surface area (Å²) < 4.78 is 0. The number of unbranched alkanes of at least 4 members (excludes halogenated alkanes) is 1. The zero-order valence-corrected chi connectivity index (χ0v) is 21.7. The Morgan fingerprint density at radius 1 is 1.00 bits per heavy atom. The fourth-order valence-electron chi connectivity index (χ4n) is 4.51. The largest absolute Gasteiger partial charge is 0.366 e. The molecule has 4 rings (SSSR count). The highest BCUT2D eigenvalue weighted by Gasteiger charge is 2.43. The summed E-state index contributed by atoms with van der Waals surface area (Å²) >= 11 is 7.40. The molecule has 1 saturated heterocycles. The molecule has 180 valence electrons. The third kappa shape index (κ3) is 5.35. The third-order valence-electron chi connectivity index (χ3n) is 6.65. The number of imide groups is 1. The highest BCUT2D eigenvalue weighted by molar-refractivity contribution is 8.04. The van der Waals surface area contributed by atoms with Crippen LogP contribution in [0.4, 0.5) is 5.69 Å². The highest BCUT2D eigenvalue weighted by atomic mass is 35.5. The summed E-state index contributed by atoms with van der Waals surface area (Å²) in [7, 11) is 4.07. The van der Waals surface area contributed by atoms with E-state index in [-0.39, 0.29) is 17.9 Å². The Kier molecular flexibility index (Phi) is 8.02. The van der Waals surface area contributed by atoms with Gasteiger partial charge < -0.3 is 9.80 Å². The minimum Gasteiger partial charge on any atom is -0.366 e. The number of likely N-dealkylation sites (N-methyl/N-ethyl adjacent to an activating group) is 1. The summed E-state index contributed by atoms with van der Waals surface area (Å²) in [6.07, 6.45) is 5.17. The van der Waals surface area contributed by atoms with E-state index in [0.29, 0.717) is 21.3 Å². The summed E-state index contributed by atoms with van der Waals surface area (Å²) in [6.45, 7) is 4.13. The molecule has 0 bridgehead atoms. The molecule has 2 heterocycles. The van der Waals surface area contributed by atoms with E-state index >= 15 is 0 Å². The van der Waals surface area contributed by atoms with Crippen LogP contribution in [0.5, 0.6) is 0 Å². The van der Waals surface area contributed by atoms with Gasteiger partial charge in [-0.1, -0.05) is 48.8 Å². The maximum absolute atomic E-state index is 13.7. The number of rotatable bonds is 8. The fourth-order valence-corrected chi connectivity index (χ4v) is 5.65. The number of carbonyl (C=O) groups is 2. The van der Waals surface area contributed by atoms with Crippen molar-refractivity contribution in [2.24, 2.45) is 0 Å². The maximum atomic E-state index is 13.7. The van der Waals surface area contributed by atoms with E-state index in [1.54, 1.807) is 12.1 Å². The Balaban J connectivity index is 1.65. The van der Waals surface area contributed by atoms with Gasteiger partial charge in [0, 0.05) is 23.0 Å². The Morgan fingerprint density at radius 2 is 1.65 bits per heavy atom. The van der Waals surface area contributed by atoms with Crippen molar-refractivity contribution in [2.75, 3.05) is 32.1 Å². The van der Waals surface area contributed by atoms with Crippen molar-refractivity contribution in [3.05, 3.63) is 69.7 Å². The average molecular weight is 498 g/mol. The first-order valence-electron chi connectivity index (χ1n) is 12.0. The minimum atomic E-state index is -0.263. The summed E-state index contributed by atoms with van der Waals surface area (Å²) in [4.78, 5) is 34.4. The molecular weight excluding hydrogens is 466 g/mol. The zero-order chi connectivity index (χ0) is 24.2. The molecule has 34 heavy (non-hydrogen) atoms. The van der Waals surface area contributed by atoms with Crippen LogP contribution < -0.4 is 4.90 Å². The molecule has 7 heteroatoms. The van der Waals surface area contributed by atoms with Gasteiger partial charge in [-0.25, -0.2) is 4.90 Å². The SMILES string of the molecule is CCCCc1ccc(N2C(=O)C(Sc3ccc(Cl)cc3)=C(N(C)C3CCN(C)CC3)C2=O)cc1. The zero-order valence-electron chi connectivity index (χ0n) is 20.1. The van der Waals surface area contributed by atoms with Crippen molar-refractivity contribution in [2.45, 2.75) is 50.0 Å². The number of hydrogen-bond donors (Lipinski definition) is 0. The second-order valence-electron chi connectivity index (χ2n) is 9.09. The van der Waals surface area contributed by atoms with Gasteiger partial charge in [0.05, 0.1) is 5.69 Å². The van der Waals surface area contributed by atoms with Crippen LogP contribution in [0.15, 0.2) is 64.0 Å². The monoisotopic (exact) mass is 497 g/mol. The van der Waals surface area contributed by atoms with Crippen molar-refractivity contribution in [3.8, 4) is 0 Å². The number of carbonyl (C=O) groups excluding carboxylic acids is 2. The molecule has 0 aliphatic carbocycles. The van der Waals surface area contributed by atoms with E-state index in [4.69, 9.17) is 11.6 Å². The number of hydrogen-bond acceptors (Lipinski definition) is 5. The van der Waals surface area contributed by atoms with Crippen LogP contribution in [0.25, 0.3) is 0 Å². The van der Waals surface area contributed by atoms with Crippen LogP contribution in [-0.4, -0.2) is 54.8 Å². The number of aryl methyl sites for hydroxylation is 1. The normalized spacial score (nSPS) is 17.7. The molecule has 0 atom stereocenters. The van der Waals surface area contributed by atoms with Gasteiger partial charge in [-0.15, -0.1) is 0 Å². The van der Waals surface area contributed by atoms with E-state index in [0.717, 1.165) is 50.1 Å². The second-order valence-corrected chi connectivity index (χ2v) is 10.6. The minimum absolute atomic E-state index is 0.222. The first-order chi connectivity index (χ1) is 16.4. The maximum Gasteiger partial charge on any atom is 0.283 e. The van der Waals surface area contributed by atoms with Gasteiger partial charge in [-0.2, -0.15) is 0 Å². The number of amides is 2. The van der Waals surface area contributed by atoms with Crippen LogP contribution >= 0.6 is 23.4 Å². The van der Waals surface area contributed by atoms with Gasteiger partial charge >= 0.3 is 0 Å². The molecule has 0 spiro atoms. The van der Waals surface area contributed by atoms with E-state index in [2.05, 4.69) is 18.9 Å². The van der Waals surface area contributed by atoms with Gasteiger partial charge in [0.2, 0.25) is 0 Å². The smallest absolute Gasteiger partial charge is 0.283 e. The standard InChI is InChI=1S/C27H32ClN3O2S/c1-4-5-6-19-7-11-22(12-8-19)31-26(32)24(30(3)21-15-17-29(2)18-16-21)25(27(31)33)34-23-13-9-20(28)10-14-23/h7-14,21H,4-6,15-18H2,1-3H3. The van der Waals surface area contributed by atoms with Crippen molar-refractivity contribution in [3.63, 3.8) is 0 Å². The van der Waals surface area contributed by atoms with Crippen LogP contribution in [0.2, 0.25) is 5.02 Å². The lowest BCUT2D eigenvalue weighted by atomic mass is 10.0. The number of likely N-dealkylation sites (tertiary alicyclic amines) is 1. The predicted molar refractivity (Wildman–Crippen MR) is 140 cm³/mol. The molecule has 0 unspecified atom stereocenters. The van der Waals surface area contributed by atoms with Crippen LogP contribution in [0.3, 0.4) is 0 Å². The molecule has 1 fully saturated rings. The number of benzene rings is 2. The molecule has 2 aliphatic rings. The Hall–Kier alpha value is -2.28. The summed E-state index contributed by atoms with van der Waals surface area (Å²) in [6, 6.07) is 15.4. The third-order valence-corrected chi connectivity index (χ3v) is 7.99. The molecule has 2 aromatic rings. The molecule has 2 aliphatic heterocycles. The molecule has 2 aromatic carbocycles. The topological polar surface area (TPSA) is 43.9 Å². The van der Waals surface area contributed by atoms with E-state index in [1.165, 1.54) is 22.2 Å². The van der Waals surface area contributed by atoms with Gasteiger partial charge in [0.1, 0.15) is 10.6 Å². The predicted octanol–water partition coefficient (Wildman–Crippen LogP) is 5.59. The van der Waals surface area contributed by atoms with E-state index in [9.17, 15) is 9.59 Å². The fraction of sp³-hybridized carbons (Fsp3) is 0.407. The Bertz CT molecular complexity index is 1060. The lowest BCUT2D eigenvalue weighted by molar-refractivity contribution is -0.121. The molecule has 0 N–H and O–H groups in total. The van der Waals surface area contributed by atoms with Crippen LogP contribution in [0.1, 0.15) is 38.2 Å². The quantitative estimate of drug-likeness (QED) is 0.445. The van der Waals surface area contributed by atoms with Crippen molar-refractivity contribution < 1.29 is 9.59 Å². The second kappa shape index (κ2) is 11.0.